The van der Waals surface area contributed by atoms with E-state index in [0.717, 1.165) is 13.0 Å². The van der Waals surface area contributed by atoms with Crippen molar-refractivity contribution in [3.8, 4) is 0 Å². The van der Waals surface area contributed by atoms with Crippen molar-refractivity contribution in [3.05, 3.63) is 11.4 Å². The first-order valence-electron chi connectivity index (χ1n) is 7.16. The largest absolute Gasteiger partial charge is 0.395 e. The number of nitrogen functional groups attached to an aromatic ring is 1. The summed E-state index contributed by atoms with van der Waals surface area (Å²) >= 11 is 0. The molecular formula is C14H26N4O2. The van der Waals surface area contributed by atoms with E-state index in [0.29, 0.717) is 42.7 Å². The van der Waals surface area contributed by atoms with Crippen molar-refractivity contribution < 1.29 is 9.53 Å². The molecule has 0 unspecified atom stereocenters. The third-order valence-electron chi connectivity index (χ3n) is 2.89. The molecule has 0 radical (unpaired) electrons. The average Bonchev–Trinajstić information content (AvgIpc) is 2.69. The molecule has 0 bridgehead atoms. The third kappa shape index (κ3) is 4.52. The summed E-state index contributed by atoms with van der Waals surface area (Å²) < 4.78 is 7.10. The summed E-state index contributed by atoms with van der Waals surface area (Å²) in [6.07, 6.45) is 0.789. The van der Waals surface area contributed by atoms with E-state index < -0.39 is 0 Å². The summed E-state index contributed by atoms with van der Waals surface area (Å²) in [7, 11) is 0. The van der Waals surface area contributed by atoms with Gasteiger partial charge >= 0.3 is 0 Å². The number of anilines is 1. The highest BCUT2D eigenvalue weighted by atomic mass is 16.5. The van der Waals surface area contributed by atoms with Crippen molar-refractivity contribution in [3.63, 3.8) is 0 Å². The van der Waals surface area contributed by atoms with E-state index >= 15 is 0 Å². The highest BCUT2D eigenvalue weighted by molar-refractivity contribution is 5.97. The van der Waals surface area contributed by atoms with Crippen LogP contribution in [-0.4, -0.2) is 35.4 Å². The van der Waals surface area contributed by atoms with E-state index in [9.17, 15) is 4.79 Å². The molecule has 1 aromatic heterocycles. The molecule has 1 rings (SSSR count). The van der Waals surface area contributed by atoms with Crippen LogP contribution >= 0.6 is 0 Å². The maximum absolute atomic E-state index is 12.1. The van der Waals surface area contributed by atoms with Gasteiger partial charge in [-0.3, -0.25) is 9.48 Å². The Labute approximate surface area is 120 Å². The average molecular weight is 282 g/mol. The van der Waals surface area contributed by atoms with Crippen LogP contribution in [0.4, 0.5) is 5.69 Å². The van der Waals surface area contributed by atoms with E-state index in [1.165, 1.54) is 0 Å². The Bertz CT molecular complexity index is 441. The summed E-state index contributed by atoms with van der Waals surface area (Å²) in [5.74, 6) is 0.361. The molecule has 0 aliphatic heterocycles. The number of nitrogens with two attached hydrogens (primary N) is 1. The molecule has 1 heterocycles. The lowest BCUT2D eigenvalue weighted by Crippen LogP contribution is -2.28. The van der Waals surface area contributed by atoms with Crippen molar-refractivity contribution >= 4 is 11.6 Å². The zero-order chi connectivity index (χ0) is 15.1. The second-order valence-electron chi connectivity index (χ2n) is 5.24. The van der Waals surface area contributed by atoms with Crippen LogP contribution in [0.1, 0.15) is 43.4 Å². The molecule has 0 saturated heterocycles. The number of aryl methyl sites for hydroxylation is 2. The number of hydrogen-bond acceptors (Lipinski definition) is 4. The molecule has 1 aromatic rings. The highest BCUT2D eigenvalue weighted by Gasteiger charge is 2.18. The Hall–Kier alpha value is -1.56. The van der Waals surface area contributed by atoms with Gasteiger partial charge in [-0.2, -0.15) is 5.10 Å². The third-order valence-corrected chi connectivity index (χ3v) is 2.89. The van der Waals surface area contributed by atoms with E-state index in [1.54, 1.807) is 11.6 Å². The van der Waals surface area contributed by atoms with Crippen LogP contribution in [0.5, 0.6) is 0 Å². The van der Waals surface area contributed by atoms with Crippen LogP contribution in [0.15, 0.2) is 0 Å². The minimum atomic E-state index is -0.172. The van der Waals surface area contributed by atoms with Crippen LogP contribution in [-0.2, 0) is 11.3 Å². The van der Waals surface area contributed by atoms with E-state index in [1.807, 2.05) is 6.92 Å². The van der Waals surface area contributed by atoms with Crippen LogP contribution in [0.25, 0.3) is 0 Å². The maximum atomic E-state index is 12.1. The van der Waals surface area contributed by atoms with Crippen molar-refractivity contribution in [1.82, 2.24) is 15.1 Å². The van der Waals surface area contributed by atoms with Crippen LogP contribution < -0.4 is 11.1 Å². The Balaban J connectivity index is 2.40. The van der Waals surface area contributed by atoms with Gasteiger partial charge in [0.2, 0.25) is 0 Å². The number of aromatic nitrogens is 2. The van der Waals surface area contributed by atoms with Gasteiger partial charge in [0.05, 0.1) is 11.4 Å². The van der Waals surface area contributed by atoms with Gasteiger partial charge in [0.1, 0.15) is 5.69 Å². The lowest BCUT2D eigenvalue weighted by atomic mass is 10.2. The molecule has 3 N–H and O–H groups in total. The quantitative estimate of drug-likeness (QED) is 0.709. The summed E-state index contributed by atoms with van der Waals surface area (Å²) in [5, 5.41) is 7.09. The molecular weight excluding hydrogens is 256 g/mol. The predicted molar refractivity (Wildman–Crippen MR) is 79.7 cm³/mol. The number of ether oxygens (including phenoxy) is 1. The van der Waals surface area contributed by atoms with Crippen molar-refractivity contribution in [2.24, 2.45) is 5.92 Å². The van der Waals surface area contributed by atoms with Gasteiger partial charge < -0.3 is 15.8 Å². The topological polar surface area (TPSA) is 82.2 Å². The second kappa shape index (κ2) is 7.89. The number of hydrogen-bond donors (Lipinski definition) is 2. The number of rotatable bonds is 8. The fourth-order valence-corrected chi connectivity index (χ4v) is 1.84. The van der Waals surface area contributed by atoms with Crippen LogP contribution in [0.2, 0.25) is 0 Å². The van der Waals surface area contributed by atoms with Gasteiger partial charge in [0, 0.05) is 26.3 Å². The smallest absolute Gasteiger partial charge is 0.271 e. The first-order chi connectivity index (χ1) is 9.47. The minimum absolute atomic E-state index is 0.172. The van der Waals surface area contributed by atoms with E-state index in [4.69, 9.17) is 10.5 Å². The Morgan fingerprint density at radius 1 is 1.50 bits per heavy atom. The van der Waals surface area contributed by atoms with Gasteiger partial charge in [-0.25, -0.2) is 0 Å². The summed E-state index contributed by atoms with van der Waals surface area (Å²) in [6, 6.07) is 0. The minimum Gasteiger partial charge on any atom is -0.395 e. The molecule has 0 saturated carbocycles. The van der Waals surface area contributed by atoms with Crippen molar-refractivity contribution in [2.75, 3.05) is 25.5 Å². The molecule has 114 valence electrons. The Kier molecular flexibility index (Phi) is 6.51. The first-order valence-corrected chi connectivity index (χ1v) is 7.16. The van der Waals surface area contributed by atoms with E-state index in [-0.39, 0.29) is 5.91 Å². The zero-order valence-corrected chi connectivity index (χ0v) is 12.9. The van der Waals surface area contributed by atoms with Gasteiger partial charge in [-0.15, -0.1) is 0 Å². The zero-order valence-electron chi connectivity index (χ0n) is 12.9. The molecule has 6 nitrogen and oxygen atoms in total. The molecule has 0 atom stereocenters. The lowest BCUT2D eigenvalue weighted by Gasteiger charge is -2.09. The fourth-order valence-electron chi connectivity index (χ4n) is 1.84. The SMILES string of the molecule is CCn1nc(C)c(N)c1C(=O)NCCCOCC(C)C. The van der Waals surface area contributed by atoms with Gasteiger partial charge in [-0.1, -0.05) is 13.8 Å². The highest BCUT2D eigenvalue weighted by Crippen LogP contribution is 2.15. The summed E-state index contributed by atoms with van der Waals surface area (Å²) in [5.41, 5.74) is 7.50. The molecule has 0 aromatic carbocycles. The molecule has 6 heteroatoms. The Morgan fingerprint density at radius 2 is 2.20 bits per heavy atom. The normalized spacial score (nSPS) is 11.1. The maximum Gasteiger partial charge on any atom is 0.271 e. The summed E-state index contributed by atoms with van der Waals surface area (Å²) in [4.78, 5) is 12.1. The Morgan fingerprint density at radius 3 is 2.80 bits per heavy atom. The first kappa shape index (κ1) is 16.5. The molecule has 0 aliphatic rings. The number of nitrogens with zero attached hydrogens (tertiary/aromatic N) is 2. The second-order valence-corrected chi connectivity index (χ2v) is 5.24. The monoisotopic (exact) mass is 282 g/mol. The van der Waals surface area contributed by atoms with Crippen LogP contribution in [0, 0.1) is 12.8 Å². The van der Waals surface area contributed by atoms with Gasteiger partial charge in [0.25, 0.3) is 5.91 Å². The number of carbonyl (C=O) groups is 1. The number of carbonyl (C=O) groups excluding carboxylic acids is 1. The lowest BCUT2D eigenvalue weighted by molar-refractivity contribution is 0.0916. The van der Waals surface area contributed by atoms with Gasteiger partial charge in [-0.05, 0) is 26.2 Å². The van der Waals surface area contributed by atoms with Crippen molar-refractivity contribution in [1.29, 1.82) is 0 Å². The standard InChI is InChI=1S/C14H26N4O2/c1-5-18-13(12(15)11(4)17-18)14(19)16-7-6-8-20-9-10(2)3/h10H,5-9,15H2,1-4H3,(H,16,19). The van der Waals surface area contributed by atoms with Gasteiger partial charge in [0.15, 0.2) is 0 Å². The molecule has 20 heavy (non-hydrogen) atoms. The fraction of sp³-hybridized carbons (Fsp3) is 0.714. The molecule has 0 aliphatic carbocycles. The van der Waals surface area contributed by atoms with Crippen LogP contribution in [0.3, 0.4) is 0 Å². The molecule has 0 spiro atoms. The predicted octanol–water partition coefficient (Wildman–Crippen LogP) is 1.59. The molecule has 0 fully saturated rings. The van der Waals surface area contributed by atoms with E-state index in [2.05, 4.69) is 24.3 Å². The summed E-state index contributed by atoms with van der Waals surface area (Å²) in [6.45, 7) is 10.6. The number of nitrogens with one attached hydrogen (secondary N) is 1. The van der Waals surface area contributed by atoms with Crippen molar-refractivity contribution in [2.45, 2.75) is 40.7 Å². The molecule has 1 amide bonds. The number of amides is 1.